The second-order valence-electron chi connectivity index (χ2n) is 9.13. The Balaban J connectivity index is 1.23. The Morgan fingerprint density at radius 2 is 1.53 bits per heavy atom. The number of nitrogens with zero attached hydrogens (tertiary/aromatic N) is 1. The number of fused-ring (bicyclic) bond motifs is 1. The van der Waals surface area contributed by atoms with Gasteiger partial charge in [-0.25, -0.2) is 0 Å². The molecule has 0 radical (unpaired) electrons. The van der Waals surface area contributed by atoms with Crippen molar-refractivity contribution in [1.29, 1.82) is 0 Å². The molecule has 1 unspecified atom stereocenters. The molecule has 2 amide bonds. The van der Waals surface area contributed by atoms with Gasteiger partial charge < -0.3 is 15.7 Å². The zero-order valence-electron chi connectivity index (χ0n) is 20.9. The molecule has 0 spiro atoms. The van der Waals surface area contributed by atoms with Gasteiger partial charge in [0.2, 0.25) is 5.91 Å². The fraction of sp³-hybridized carbons (Fsp3) is 0.0938. The number of rotatable bonds is 7. The lowest BCUT2D eigenvalue weighted by Crippen LogP contribution is -2.44. The molecule has 1 heterocycles. The lowest BCUT2D eigenvalue weighted by molar-refractivity contribution is -0.122. The molecule has 3 N–H and O–H groups in total. The van der Waals surface area contributed by atoms with Gasteiger partial charge in [-0.1, -0.05) is 66.7 Å². The molecule has 6 nitrogen and oxygen atoms in total. The fourth-order valence-corrected chi connectivity index (χ4v) is 4.36. The molecule has 6 heteroatoms. The van der Waals surface area contributed by atoms with Gasteiger partial charge in [-0.15, -0.1) is 0 Å². The third-order valence-electron chi connectivity index (χ3n) is 6.38. The van der Waals surface area contributed by atoms with Crippen LogP contribution in [0, 0.1) is 0 Å². The molecule has 38 heavy (non-hydrogen) atoms. The van der Waals surface area contributed by atoms with E-state index in [-0.39, 0.29) is 17.6 Å². The normalized spacial score (nSPS) is 11.6. The Labute approximate surface area is 221 Å². The first-order valence-corrected chi connectivity index (χ1v) is 12.4. The summed E-state index contributed by atoms with van der Waals surface area (Å²) in [6, 6.07) is 31.7. The lowest BCUT2D eigenvalue weighted by Gasteiger charge is -2.15. The zero-order valence-corrected chi connectivity index (χ0v) is 20.9. The van der Waals surface area contributed by atoms with Crippen molar-refractivity contribution in [3.8, 4) is 28.0 Å². The Hall–Kier alpha value is -4.97. The third-order valence-corrected chi connectivity index (χ3v) is 6.38. The van der Waals surface area contributed by atoms with Crippen LogP contribution in [0.5, 0.6) is 5.75 Å². The standard InChI is InChI=1S/C32H27N3O3/c1-21(31(37)34-20-22-8-5-11-24(16-22)23-9-3-2-4-10-23)35-32(38)27-13-6-12-25(17-27)28-18-26-14-7-15-33-30(26)29(36)19-28/h2-19,21,36H,20H2,1H3,(H,34,37)(H,35,38). The van der Waals surface area contributed by atoms with Crippen molar-refractivity contribution in [3.63, 3.8) is 0 Å². The number of phenols is 1. The van der Waals surface area contributed by atoms with E-state index in [0.29, 0.717) is 17.6 Å². The van der Waals surface area contributed by atoms with E-state index in [0.717, 1.165) is 33.2 Å². The van der Waals surface area contributed by atoms with Crippen molar-refractivity contribution < 1.29 is 14.7 Å². The van der Waals surface area contributed by atoms with Crippen molar-refractivity contribution in [2.24, 2.45) is 0 Å². The predicted molar refractivity (Wildman–Crippen MR) is 149 cm³/mol. The number of aromatic hydroxyl groups is 1. The smallest absolute Gasteiger partial charge is 0.251 e. The topological polar surface area (TPSA) is 91.3 Å². The van der Waals surface area contributed by atoms with E-state index >= 15 is 0 Å². The van der Waals surface area contributed by atoms with Gasteiger partial charge in [0, 0.05) is 23.7 Å². The van der Waals surface area contributed by atoms with Gasteiger partial charge in [-0.05, 0) is 71.1 Å². The van der Waals surface area contributed by atoms with Gasteiger partial charge in [0.25, 0.3) is 5.91 Å². The number of amides is 2. The number of carbonyl (C=O) groups excluding carboxylic acids is 2. The van der Waals surface area contributed by atoms with E-state index in [2.05, 4.69) is 15.6 Å². The van der Waals surface area contributed by atoms with Crippen LogP contribution in [-0.2, 0) is 11.3 Å². The first-order valence-electron chi connectivity index (χ1n) is 12.4. The molecule has 0 bridgehead atoms. The molecule has 0 aliphatic carbocycles. The Morgan fingerprint density at radius 1 is 0.789 bits per heavy atom. The van der Waals surface area contributed by atoms with Gasteiger partial charge in [0.1, 0.15) is 17.3 Å². The predicted octanol–water partition coefficient (Wildman–Crippen LogP) is 5.71. The number of phenolic OH excluding ortho intramolecular Hbond substituents is 1. The molecule has 0 saturated heterocycles. The molecule has 4 aromatic carbocycles. The maximum Gasteiger partial charge on any atom is 0.251 e. The Kier molecular flexibility index (Phi) is 7.13. The summed E-state index contributed by atoms with van der Waals surface area (Å²) in [6.07, 6.45) is 1.63. The van der Waals surface area contributed by atoms with Crippen molar-refractivity contribution in [2.45, 2.75) is 19.5 Å². The SMILES string of the molecule is CC(NC(=O)c1cccc(-c2cc(O)c3ncccc3c2)c1)C(=O)NCc1cccc(-c2ccccc2)c1. The number of aromatic nitrogens is 1. The third kappa shape index (κ3) is 5.55. The highest BCUT2D eigenvalue weighted by Crippen LogP contribution is 2.30. The largest absolute Gasteiger partial charge is 0.506 e. The highest BCUT2D eigenvalue weighted by Gasteiger charge is 2.17. The van der Waals surface area contributed by atoms with Crippen molar-refractivity contribution in [3.05, 3.63) is 120 Å². The number of nitrogens with one attached hydrogen (secondary N) is 2. The molecule has 0 fully saturated rings. The van der Waals surface area contributed by atoms with Crippen LogP contribution in [0.3, 0.4) is 0 Å². The quantitative estimate of drug-likeness (QED) is 0.266. The van der Waals surface area contributed by atoms with E-state index in [4.69, 9.17) is 0 Å². The molecular formula is C32H27N3O3. The van der Waals surface area contributed by atoms with Crippen LogP contribution >= 0.6 is 0 Å². The van der Waals surface area contributed by atoms with Crippen LogP contribution in [0.25, 0.3) is 33.2 Å². The van der Waals surface area contributed by atoms with Crippen LogP contribution in [0.15, 0.2) is 109 Å². The molecule has 1 atom stereocenters. The van der Waals surface area contributed by atoms with Gasteiger partial charge in [0.05, 0.1) is 0 Å². The van der Waals surface area contributed by atoms with Crippen LogP contribution in [0.4, 0.5) is 0 Å². The highest BCUT2D eigenvalue weighted by atomic mass is 16.3. The Bertz CT molecular complexity index is 1620. The molecule has 5 aromatic rings. The van der Waals surface area contributed by atoms with E-state index in [9.17, 15) is 14.7 Å². The molecule has 188 valence electrons. The summed E-state index contributed by atoms with van der Waals surface area (Å²) in [5.74, 6) is -0.550. The maximum absolute atomic E-state index is 12.9. The number of pyridine rings is 1. The maximum atomic E-state index is 12.9. The van der Waals surface area contributed by atoms with Crippen molar-refractivity contribution >= 4 is 22.7 Å². The Morgan fingerprint density at radius 3 is 2.34 bits per heavy atom. The number of hydrogen-bond acceptors (Lipinski definition) is 4. The fourth-order valence-electron chi connectivity index (χ4n) is 4.36. The summed E-state index contributed by atoms with van der Waals surface area (Å²) >= 11 is 0. The molecular weight excluding hydrogens is 474 g/mol. The summed E-state index contributed by atoms with van der Waals surface area (Å²) in [4.78, 5) is 29.9. The first-order chi connectivity index (χ1) is 18.5. The summed E-state index contributed by atoms with van der Waals surface area (Å²) in [5, 5.41) is 16.9. The van der Waals surface area contributed by atoms with Crippen molar-refractivity contribution in [1.82, 2.24) is 15.6 Å². The number of carbonyl (C=O) groups is 2. The summed E-state index contributed by atoms with van der Waals surface area (Å²) in [5.41, 5.74) is 5.64. The monoisotopic (exact) mass is 501 g/mol. The van der Waals surface area contributed by atoms with Crippen LogP contribution in [0.1, 0.15) is 22.8 Å². The van der Waals surface area contributed by atoms with Gasteiger partial charge in [-0.3, -0.25) is 14.6 Å². The first kappa shape index (κ1) is 24.7. The average molecular weight is 502 g/mol. The minimum absolute atomic E-state index is 0.0764. The van der Waals surface area contributed by atoms with E-state index in [1.54, 1.807) is 37.4 Å². The molecule has 1 aromatic heterocycles. The number of benzene rings is 4. The minimum Gasteiger partial charge on any atom is -0.506 e. The van der Waals surface area contributed by atoms with Gasteiger partial charge in [-0.2, -0.15) is 0 Å². The van der Waals surface area contributed by atoms with Crippen LogP contribution in [0.2, 0.25) is 0 Å². The average Bonchev–Trinajstić information content (AvgIpc) is 2.96. The summed E-state index contributed by atoms with van der Waals surface area (Å²) < 4.78 is 0. The molecule has 0 aliphatic heterocycles. The van der Waals surface area contributed by atoms with E-state index in [1.165, 1.54) is 0 Å². The number of hydrogen-bond donors (Lipinski definition) is 3. The molecule has 0 aliphatic rings. The lowest BCUT2D eigenvalue weighted by atomic mass is 10.0. The zero-order chi connectivity index (χ0) is 26.5. The van der Waals surface area contributed by atoms with Crippen LogP contribution in [-0.4, -0.2) is 27.9 Å². The van der Waals surface area contributed by atoms with Gasteiger partial charge in [0.15, 0.2) is 0 Å². The van der Waals surface area contributed by atoms with Crippen LogP contribution < -0.4 is 10.6 Å². The summed E-state index contributed by atoms with van der Waals surface area (Å²) in [6.45, 7) is 2.02. The molecule has 0 saturated carbocycles. The second-order valence-corrected chi connectivity index (χ2v) is 9.13. The highest BCUT2D eigenvalue weighted by molar-refractivity contribution is 5.99. The van der Waals surface area contributed by atoms with E-state index < -0.39 is 6.04 Å². The van der Waals surface area contributed by atoms with Gasteiger partial charge >= 0.3 is 0 Å². The van der Waals surface area contributed by atoms with E-state index in [1.807, 2.05) is 78.9 Å². The molecule has 5 rings (SSSR count). The second kappa shape index (κ2) is 11.0. The van der Waals surface area contributed by atoms with Crippen molar-refractivity contribution in [2.75, 3.05) is 0 Å². The summed E-state index contributed by atoms with van der Waals surface area (Å²) in [7, 11) is 0. The minimum atomic E-state index is -0.723.